The van der Waals surface area contributed by atoms with Crippen LogP contribution in [0, 0.1) is 18.3 Å². The van der Waals surface area contributed by atoms with E-state index in [0.29, 0.717) is 11.4 Å². The lowest BCUT2D eigenvalue weighted by Crippen LogP contribution is -1.91. The highest BCUT2D eigenvalue weighted by Crippen LogP contribution is 2.35. The third kappa shape index (κ3) is 1.72. The van der Waals surface area contributed by atoms with Crippen molar-refractivity contribution in [2.45, 2.75) is 6.92 Å². The zero-order valence-corrected chi connectivity index (χ0v) is 11.3. The number of methoxy groups -OCH3 is 1. The molecular weight excluding hydrogens is 250 g/mol. The molecule has 0 fully saturated rings. The fraction of sp³-hybridized carbons (Fsp3) is 0.125. The molecule has 3 aromatic rings. The van der Waals surface area contributed by atoms with Crippen molar-refractivity contribution < 1.29 is 4.74 Å². The Bertz CT molecular complexity index is 827. The number of aromatic amines is 1. The molecule has 0 radical (unpaired) electrons. The predicted octanol–water partition coefficient (Wildman–Crippen LogP) is 3.42. The summed E-state index contributed by atoms with van der Waals surface area (Å²) in [6, 6.07) is 10.3. The normalized spacial score (nSPS) is 10.4. The molecular formula is C16H13N3O. The second-order valence-electron chi connectivity index (χ2n) is 4.56. The number of aryl methyl sites for hydroxylation is 1. The number of H-pyrrole nitrogens is 1. The van der Waals surface area contributed by atoms with Gasteiger partial charge < -0.3 is 9.72 Å². The molecule has 0 bridgehead atoms. The number of hydrogen-bond donors (Lipinski definition) is 1. The van der Waals surface area contributed by atoms with Crippen molar-refractivity contribution in [1.82, 2.24) is 9.97 Å². The van der Waals surface area contributed by atoms with Crippen molar-refractivity contribution >= 4 is 10.9 Å². The molecule has 0 aliphatic rings. The summed E-state index contributed by atoms with van der Waals surface area (Å²) in [6.07, 6.45) is 3.45. The van der Waals surface area contributed by atoms with Crippen molar-refractivity contribution in [2.24, 2.45) is 0 Å². The molecule has 0 aliphatic heterocycles. The Labute approximate surface area is 116 Å². The Hall–Kier alpha value is -2.80. The van der Waals surface area contributed by atoms with Crippen LogP contribution in [-0.4, -0.2) is 17.1 Å². The van der Waals surface area contributed by atoms with Crippen LogP contribution in [0.1, 0.15) is 11.1 Å². The standard InChI is InChI=1S/C16H13N3O/c1-10-5-3-4-6-12(10)13-9-18-15-14(13)11(7-17)8-19-16(15)20-2/h3-6,8-9,18H,1-2H3. The van der Waals surface area contributed by atoms with Gasteiger partial charge in [-0.25, -0.2) is 4.98 Å². The number of fused-ring (bicyclic) bond motifs is 1. The number of nitriles is 1. The van der Waals surface area contributed by atoms with Crippen LogP contribution in [0.5, 0.6) is 5.88 Å². The van der Waals surface area contributed by atoms with Gasteiger partial charge in [0.15, 0.2) is 0 Å². The van der Waals surface area contributed by atoms with Gasteiger partial charge >= 0.3 is 0 Å². The van der Waals surface area contributed by atoms with E-state index in [1.807, 2.05) is 24.4 Å². The Morgan fingerprint density at radius 1 is 1.25 bits per heavy atom. The highest BCUT2D eigenvalue weighted by Gasteiger charge is 2.16. The monoisotopic (exact) mass is 263 g/mol. The highest BCUT2D eigenvalue weighted by atomic mass is 16.5. The smallest absolute Gasteiger partial charge is 0.238 e. The van der Waals surface area contributed by atoms with Gasteiger partial charge in [0.1, 0.15) is 11.6 Å². The van der Waals surface area contributed by atoms with Crippen molar-refractivity contribution in [3.05, 3.63) is 47.8 Å². The minimum absolute atomic E-state index is 0.499. The first-order chi connectivity index (χ1) is 9.76. The van der Waals surface area contributed by atoms with Crippen LogP contribution >= 0.6 is 0 Å². The number of ether oxygens (including phenoxy) is 1. The molecule has 2 aromatic heterocycles. The van der Waals surface area contributed by atoms with Crippen molar-refractivity contribution in [2.75, 3.05) is 7.11 Å². The Kier molecular flexibility index (Phi) is 2.88. The predicted molar refractivity (Wildman–Crippen MR) is 77.5 cm³/mol. The molecule has 0 saturated carbocycles. The molecule has 3 rings (SSSR count). The maximum absolute atomic E-state index is 9.31. The third-order valence-corrected chi connectivity index (χ3v) is 3.42. The Morgan fingerprint density at radius 3 is 2.75 bits per heavy atom. The van der Waals surface area contributed by atoms with Crippen LogP contribution in [0.3, 0.4) is 0 Å². The maximum Gasteiger partial charge on any atom is 0.238 e. The van der Waals surface area contributed by atoms with Crippen LogP contribution < -0.4 is 4.74 Å². The van der Waals surface area contributed by atoms with Gasteiger partial charge in [-0.3, -0.25) is 0 Å². The highest BCUT2D eigenvalue weighted by molar-refractivity contribution is 6.01. The third-order valence-electron chi connectivity index (χ3n) is 3.42. The first-order valence-corrected chi connectivity index (χ1v) is 6.26. The summed E-state index contributed by atoms with van der Waals surface area (Å²) in [5.74, 6) is 0.499. The van der Waals surface area contributed by atoms with Crippen molar-refractivity contribution in [3.8, 4) is 23.1 Å². The van der Waals surface area contributed by atoms with E-state index < -0.39 is 0 Å². The van der Waals surface area contributed by atoms with E-state index in [4.69, 9.17) is 4.74 Å². The SMILES string of the molecule is COc1ncc(C#N)c2c(-c3ccccc3C)c[nH]c12. The molecule has 20 heavy (non-hydrogen) atoms. The molecule has 1 N–H and O–H groups in total. The second kappa shape index (κ2) is 4.71. The molecule has 4 heteroatoms. The van der Waals surface area contributed by atoms with E-state index in [9.17, 15) is 5.26 Å². The number of nitrogens with zero attached hydrogens (tertiary/aromatic N) is 2. The van der Waals surface area contributed by atoms with Gasteiger partial charge in [0.05, 0.1) is 12.7 Å². The molecule has 0 aliphatic carbocycles. The number of benzene rings is 1. The van der Waals surface area contributed by atoms with E-state index in [2.05, 4.69) is 29.0 Å². The van der Waals surface area contributed by atoms with Crippen molar-refractivity contribution in [1.29, 1.82) is 5.26 Å². The van der Waals surface area contributed by atoms with E-state index in [1.165, 1.54) is 0 Å². The van der Waals surface area contributed by atoms with Gasteiger partial charge in [0.25, 0.3) is 0 Å². The largest absolute Gasteiger partial charge is 0.479 e. The minimum Gasteiger partial charge on any atom is -0.479 e. The number of hydrogen-bond acceptors (Lipinski definition) is 3. The second-order valence-corrected chi connectivity index (χ2v) is 4.56. The van der Waals surface area contributed by atoms with Gasteiger partial charge in [0.2, 0.25) is 5.88 Å². The van der Waals surface area contributed by atoms with E-state index in [0.717, 1.165) is 27.6 Å². The lowest BCUT2D eigenvalue weighted by Gasteiger charge is -2.06. The van der Waals surface area contributed by atoms with Gasteiger partial charge in [0, 0.05) is 23.3 Å². The molecule has 98 valence electrons. The van der Waals surface area contributed by atoms with Crippen LogP contribution in [0.2, 0.25) is 0 Å². The molecule has 0 saturated heterocycles. The lowest BCUT2D eigenvalue weighted by molar-refractivity contribution is 0.402. The van der Waals surface area contributed by atoms with E-state index in [1.54, 1.807) is 13.3 Å². The zero-order valence-electron chi connectivity index (χ0n) is 11.3. The first kappa shape index (κ1) is 12.2. The molecule has 1 aromatic carbocycles. The van der Waals surface area contributed by atoms with Gasteiger partial charge in [-0.1, -0.05) is 24.3 Å². The summed E-state index contributed by atoms with van der Waals surface area (Å²) in [5.41, 5.74) is 4.55. The number of pyridine rings is 1. The fourth-order valence-corrected chi connectivity index (χ4v) is 2.45. The van der Waals surface area contributed by atoms with Crippen LogP contribution in [0.25, 0.3) is 22.0 Å². The molecule has 2 heterocycles. The molecule has 0 spiro atoms. The Balaban J connectivity index is 2.39. The molecule has 0 amide bonds. The zero-order chi connectivity index (χ0) is 14.1. The summed E-state index contributed by atoms with van der Waals surface area (Å²) in [4.78, 5) is 7.32. The minimum atomic E-state index is 0.499. The summed E-state index contributed by atoms with van der Waals surface area (Å²) in [7, 11) is 1.57. The summed E-state index contributed by atoms with van der Waals surface area (Å²) in [6.45, 7) is 2.05. The quantitative estimate of drug-likeness (QED) is 0.770. The average molecular weight is 263 g/mol. The Morgan fingerprint density at radius 2 is 2.05 bits per heavy atom. The topological polar surface area (TPSA) is 61.7 Å². The number of nitrogens with one attached hydrogen (secondary N) is 1. The lowest BCUT2D eigenvalue weighted by atomic mass is 9.99. The van der Waals surface area contributed by atoms with Crippen LogP contribution in [0.4, 0.5) is 0 Å². The van der Waals surface area contributed by atoms with E-state index in [-0.39, 0.29) is 0 Å². The van der Waals surface area contributed by atoms with Gasteiger partial charge in [-0.2, -0.15) is 5.26 Å². The molecule has 4 nitrogen and oxygen atoms in total. The molecule has 0 unspecified atom stereocenters. The van der Waals surface area contributed by atoms with Crippen LogP contribution in [0.15, 0.2) is 36.7 Å². The first-order valence-electron chi connectivity index (χ1n) is 6.26. The van der Waals surface area contributed by atoms with Gasteiger partial charge in [-0.15, -0.1) is 0 Å². The summed E-state index contributed by atoms with van der Waals surface area (Å²) in [5, 5.41) is 10.2. The maximum atomic E-state index is 9.31. The van der Waals surface area contributed by atoms with Crippen LogP contribution in [-0.2, 0) is 0 Å². The molecule has 0 atom stereocenters. The van der Waals surface area contributed by atoms with Gasteiger partial charge in [-0.05, 0) is 18.1 Å². The average Bonchev–Trinajstić information content (AvgIpc) is 2.91. The van der Waals surface area contributed by atoms with E-state index >= 15 is 0 Å². The number of aromatic nitrogens is 2. The summed E-state index contributed by atoms with van der Waals surface area (Å²) >= 11 is 0. The number of rotatable bonds is 2. The fourth-order valence-electron chi connectivity index (χ4n) is 2.45. The summed E-state index contributed by atoms with van der Waals surface area (Å²) < 4.78 is 5.25. The van der Waals surface area contributed by atoms with Crippen molar-refractivity contribution in [3.63, 3.8) is 0 Å².